The van der Waals surface area contributed by atoms with Crippen LogP contribution in [0.15, 0.2) is 48.5 Å². The highest BCUT2D eigenvalue weighted by molar-refractivity contribution is 5.97. The van der Waals surface area contributed by atoms with Crippen molar-refractivity contribution >= 4 is 23.3 Å². The zero-order chi connectivity index (χ0) is 18.4. The fourth-order valence-corrected chi connectivity index (χ4v) is 2.14. The number of hydrogen-bond acceptors (Lipinski definition) is 4. The summed E-state index contributed by atoms with van der Waals surface area (Å²) in [7, 11) is 0. The van der Waals surface area contributed by atoms with Gasteiger partial charge in [-0.2, -0.15) is 0 Å². The van der Waals surface area contributed by atoms with Crippen LogP contribution in [-0.4, -0.2) is 23.7 Å². The molecule has 0 saturated carbocycles. The first-order valence-electron chi connectivity index (χ1n) is 7.91. The number of ketones is 1. The lowest BCUT2D eigenvalue weighted by Crippen LogP contribution is -2.30. The molecular weight excluding hydrogens is 320 g/mol. The van der Waals surface area contributed by atoms with E-state index in [0.29, 0.717) is 29.0 Å². The Balaban J connectivity index is 1.95. The van der Waals surface area contributed by atoms with Gasteiger partial charge in [0.05, 0.1) is 0 Å². The Labute approximate surface area is 146 Å². The van der Waals surface area contributed by atoms with Gasteiger partial charge < -0.3 is 15.8 Å². The molecule has 0 fully saturated rings. The van der Waals surface area contributed by atoms with Gasteiger partial charge in [-0.1, -0.05) is 6.92 Å². The smallest absolute Gasteiger partial charge is 0.265 e. The average Bonchev–Trinajstić information content (AvgIpc) is 2.62. The topological polar surface area (TPSA) is 98.5 Å². The Morgan fingerprint density at radius 3 is 2.08 bits per heavy atom. The number of nitrogens with one attached hydrogen (secondary N) is 1. The molecule has 0 spiro atoms. The molecule has 0 aliphatic heterocycles. The Hall–Kier alpha value is -3.15. The molecule has 130 valence electrons. The number of rotatable bonds is 7. The van der Waals surface area contributed by atoms with E-state index in [9.17, 15) is 14.4 Å². The third-order valence-corrected chi connectivity index (χ3v) is 3.62. The lowest BCUT2D eigenvalue weighted by atomic mass is 10.1. The van der Waals surface area contributed by atoms with Crippen LogP contribution in [0.3, 0.4) is 0 Å². The van der Waals surface area contributed by atoms with Crippen molar-refractivity contribution in [3.05, 3.63) is 59.7 Å². The molecule has 25 heavy (non-hydrogen) atoms. The summed E-state index contributed by atoms with van der Waals surface area (Å²) in [6, 6.07) is 12.9. The maximum Gasteiger partial charge on any atom is 0.265 e. The van der Waals surface area contributed by atoms with Crippen molar-refractivity contribution in [2.75, 3.05) is 5.32 Å². The van der Waals surface area contributed by atoms with Gasteiger partial charge in [-0.05, 0) is 55.5 Å². The number of ether oxygens (including phenoxy) is 1. The number of primary amides is 1. The molecule has 0 aliphatic carbocycles. The van der Waals surface area contributed by atoms with Crippen LogP contribution in [-0.2, 0) is 4.79 Å². The van der Waals surface area contributed by atoms with E-state index in [1.54, 1.807) is 50.2 Å². The summed E-state index contributed by atoms with van der Waals surface area (Å²) in [5.74, 6) is -0.309. The Morgan fingerprint density at radius 2 is 1.56 bits per heavy atom. The minimum Gasteiger partial charge on any atom is -0.481 e. The van der Waals surface area contributed by atoms with Crippen molar-refractivity contribution in [1.82, 2.24) is 0 Å². The first-order valence-corrected chi connectivity index (χ1v) is 7.91. The first-order chi connectivity index (χ1) is 11.9. The highest BCUT2D eigenvalue weighted by Crippen LogP contribution is 2.16. The molecule has 0 heterocycles. The molecule has 2 aromatic carbocycles. The van der Waals surface area contributed by atoms with Gasteiger partial charge in [-0.3, -0.25) is 14.4 Å². The van der Waals surface area contributed by atoms with E-state index >= 15 is 0 Å². The normalized spacial score (nSPS) is 11.4. The summed E-state index contributed by atoms with van der Waals surface area (Å²) in [5, 5.41) is 2.70. The maximum absolute atomic E-state index is 12.2. The van der Waals surface area contributed by atoms with Gasteiger partial charge in [-0.15, -0.1) is 0 Å². The fraction of sp³-hybridized carbons (Fsp3) is 0.211. The second-order valence-corrected chi connectivity index (χ2v) is 5.49. The Bertz CT molecular complexity index is 767. The number of carbonyl (C=O) groups is 3. The minimum atomic E-state index is -0.733. The van der Waals surface area contributed by atoms with Gasteiger partial charge in [-0.25, -0.2) is 0 Å². The lowest BCUT2D eigenvalue weighted by Gasteiger charge is -2.15. The Kier molecular flexibility index (Phi) is 5.89. The summed E-state index contributed by atoms with van der Waals surface area (Å²) in [5.41, 5.74) is 6.68. The molecule has 0 radical (unpaired) electrons. The zero-order valence-electron chi connectivity index (χ0n) is 14.1. The summed E-state index contributed by atoms with van der Waals surface area (Å²) in [6.45, 7) is 3.42. The second-order valence-electron chi connectivity index (χ2n) is 5.49. The van der Waals surface area contributed by atoms with Crippen LogP contribution < -0.4 is 15.8 Å². The molecule has 2 aromatic rings. The molecule has 6 heteroatoms. The standard InChI is InChI=1S/C19H20N2O4/c1-3-17(22)13-6-10-16(11-7-13)25-12(2)19(24)21-15-8-4-14(5-9-15)18(20)23/h4-12H,3H2,1-2H3,(H2,20,23)(H,21,24)/t12-/m0/s1. The van der Waals surface area contributed by atoms with E-state index in [4.69, 9.17) is 10.5 Å². The van der Waals surface area contributed by atoms with Crippen LogP contribution in [0.5, 0.6) is 5.75 Å². The molecule has 2 rings (SSSR count). The fourth-order valence-electron chi connectivity index (χ4n) is 2.14. The number of benzene rings is 2. The third-order valence-electron chi connectivity index (χ3n) is 3.62. The maximum atomic E-state index is 12.2. The molecule has 6 nitrogen and oxygen atoms in total. The van der Waals surface area contributed by atoms with Gasteiger partial charge in [0.15, 0.2) is 11.9 Å². The van der Waals surface area contributed by atoms with Gasteiger partial charge in [0, 0.05) is 23.2 Å². The predicted molar refractivity (Wildman–Crippen MR) is 94.7 cm³/mol. The molecule has 0 unspecified atom stereocenters. The monoisotopic (exact) mass is 340 g/mol. The van der Waals surface area contributed by atoms with Crippen molar-refractivity contribution in [3.8, 4) is 5.75 Å². The number of nitrogens with two attached hydrogens (primary N) is 1. The SMILES string of the molecule is CCC(=O)c1ccc(O[C@@H](C)C(=O)Nc2ccc(C(N)=O)cc2)cc1. The van der Waals surface area contributed by atoms with E-state index in [2.05, 4.69) is 5.32 Å². The van der Waals surface area contributed by atoms with E-state index in [0.717, 1.165) is 0 Å². The quantitative estimate of drug-likeness (QED) is 0.757. The Morgan fingerprint density at radius 1 is 1.00 bits per heavy atom. The summed E-state index contributed by atoms with van der Waals surface area (Å²) < 4.78 is 5.58. The molecule has 0 aliphatic rings. The molecule has 0 aromatic heterocycles. The number of amides is 2. The van der Waals surface area contributed by atoms with Crippen molar-refractivity contribution in [3.63, 3.8) is 0 Å². The summed E-state index contributed by atoms with van der Waals surface area (Å²) >= 11 is 0. The van der Waals surface area contributed by atoms with Crippen LogP contribution in [0.1, 0.15) is 41.0 Å². The van der Waals surface area contributed by atoms with Gasteiger partial charge in [0.2, 0.25) is 5.91 Å². The highest BCUT2D eigenvalue weighted by Gasteiger charge is 2.15. The summed E-state index contributed by atoms with van der Waals surface area (Å²) in [4.78, 5) is 34.8. The van der Waals surface area contributed by atoms with Gasteiger partial charge in [0.1, 0.15) is 5.75 Å². The molecule has 0 bridgehead atoms. The van der Waals surface area contributed by atoms with Crippen LogP contribution in [0, 0.1) is 0 Å². The number of anilines is 1. The molecule has 0 saturated heterocycles. The first kappa shape index (κ1) is 18.2. The van der Waals surface area contributed by atoms with Crippen LogP contribution in [0.4, 0.5) is 5.69 Å². The third kappa shape index (κ3) is 4.91. The molecule has 1 atom stereocenters. The van der Waals surface area contributed by atoms with E-state index in [-0.39, 0.29) is 11.7 Å². The van der Waals surface area contributed by atoms with Crippen molar-refractivity contribution in [2.24, 2.45) is 5.73 Å². The van der Waals surface area contributed by atoms with Crippen LogP contribution in [0.25, 0.3) is 0 Å². The molecule has 3 N–H and O–H groups in total. The molecule has 2 amide bonds. The largest absolute Gasteiger partial charge is 0.481 e. The van der Waals surface area contributed by atoms with Crippen LogP contribution in [0.2, 0.25) is 0 Å². The number of carbonyl (C=O) groups excluding carboxylic acids is 3. The van der Waals surface area contributed by atoms with Crippen molar-refractivity contribution in [2.45, 2.75) is 26.4 Å². The van der Waals surface area contributed by atoms with Crippen LogP contribution >= 0.6 is 0 Å². The molecular formula is C19H20N2O4. The number of hydrogen-bond donors (Lipinski definition) is 2. The summed E-state index contributed by atoms with van der Waals surface area (Å²) in [6.07, 6.45) is -0.295. The zero-order valence-corrected chi connectivity index (χ0v) is 14.1. The van der Waals surface area contributed by atoms with Gasteiger partial charge >= 0.3 is 0 Å². The van der Waals surface area contributed by atoms with Crippen molar-refractivity contribution < 1.29 is 19.1 Å². The van der Waals surface area contributed by atoms with E-state index in [1.165, 1.54) is 12.1 Å². The van der Waals surface area contributed by atoms with Gasteiger partial charge in [0.25, 0.3) is 5.91 Å². The predicted octanol–water partition coefficient (Wildman–Crippen LogP) is 2.78. The lowest BCUT2D eigenvalue weighted by molar-refractivity contribution is -0.122. The number of Topliss-reactive ketones (excluding diaryl/α,β-unsaturated/α-hetero) is 1. The average molecular weight is 340 g/mol. The van der Waals surface area contributed by atoms with E-state index < -0.39 is 12.0 Å². The minimum absolute atomic E-state index is 0.0525. The highest BCUT2D eigenvalue weighted by atomic mass is 16.5. The van der Waals surface area contributed by atoms with E-state index in [1.807, 2.05) is 0 Å². The van der Waals surface area contributed by atoms with Crippen molar-refractivity contribution in [1.29, 1.82) is 0 Å². The second kappa shape index (κ2) is 8.10.